The number of carbonyl (C=O) groups is 1. The Morgan fingerprint density at radius 1 is 1.06 bits per heavy atom. The van der Waals surface area contributed by atoms with E-state index in [4.69, 9.17) is 4.74 Å². The number of halogens is 3. The molecule has 0 fully saturated rings. The molecule has 0 aliphatic carbocycles. The van der Waals surface area contributed by atoms with Gasteiger partial charge in [-0.25, -0.2) is 19.7 Å². The number of benzene rings is 2. The van der Waals surface area contributed by atoms with Crippen LogP contribution >= 0.6 is 0 Å². The van der Waals surface area contributed by atoms with Crippen LogP contribution in [0.1, 0.15) is 5.69 Å². The van der Waals surface area contributed by atoms with Crippen molar-refractivity contribution in [3.05, 3.63) is 52.2 Å². The van der Waals surface area contributed by atoms with E-state index in [0.717, 1.165) is 0 Å². The minimum absolute atomic E-state index is 0.0681. The van der Waals surface area contributed by atoms with E-state index in [2.05, 4.69) is 30.0 Å². The lowest BCUT2D eigenvalue weighted by molar-refractivity contribution is -0.383. The van der Waals surface area contributed by atoms with E-state index in [1.165, 1.54) is 44.4 Å². The first-order valence-electron chi connectivity index (χ1n) is 9.41. The van der Waals surface area contributed by atoms with Crippen LogP contribution in [-0.4, -0.2) is 44.1 Å². The number of alkyl halides is 3. The Balaban J connectivity index is 1.81. The Labute approximate surface area is 187 Å². The summed E-state index contributed by atoms with van der Waals surface area (Å²) in [7, 11) is 1.36. The van der Waals surface area contributed by atoms with Crippen molar-refractivity contribution >= 4 is 45.4 Å². The maximum absolute atomic E-state index is 12.7. The number of aromatic nitrogens is 4. The van der Waals surface area contributed by atoms with Gasteiger partial charge in [0.05, 0.1) is 28.6 Å². The SMILES string of the molecule is COc1ccc([N+](=O)[O-])c2c(C)nc(Nc3nc(OC(=O)C(F)(F)F)c4ccccc4n3)nc12. The molecule has 0 saturated carbocycles. The highest BCUT2D eigenvalue weighted by molar-refractivity contribution is 5.95. The van der Waals surface area contributed by atoms with Gasteiger partial charge in [-0.15, -0.1) is 0 Å². The van der Waals surface area contributed by atoms with Crippen molar-refractivity contribution in [3.63, 3.8) is 0 Å². The summed E-state index contributed by atoms with van der Waals surface area (Å²) in [6, 6.07) is 8.59. The van der Waals surface area contributed by atoms with Crippen molar-refractivity contribution in [2.75, 3.05) is 12.4 Å². The number of nitro benzene ring substituents is 1. The molecule has 2 aromatic carbocycles. The fourth-order valence-corrected chi connectivity index (χ4v) is 3.17. The molecule has 14 heteroatoms. The van der Waals surface area contributed by atoms with Gasteiger partial charge in [0.2, 0.25) is 17.8 Å². The van der Waals surface area contributed by atoms with Crippen LogP contribution in [0.2, 0.25) is 0 Å². The van der Waals surface area contributed by atoms with Gasteiger partial charge in [-0.2, -0.15) is 18.2 Å². The van der Waals surface area contributed by atoms with Crippen LogP contribution in [-0.2, 0) is 4.79 Å². The van der Waals surface area contributed by atoms with Gasteiger partial charge in [0.15, 0.2) is 0 Å². The molecule has 0 saturated heterocycles. The molecule has 0 radical (unpaired) electrons. The second kappa shape index (κ2) is 8.38. The molecule has 34 heavy (non-hydrogen) atoms. The minimum Gasteiger partial charge on any atom is -0.494 e. The quantitative estimate of drug-likeness (QED) is 0.256. The topological polar surface area (TPSA) is 142 Å². The Hall–Kier alpha value is -4.62. The monoisotopic (exact) mass is 474 g/mol. The third-order valence-corrected chi connectivity index (χ3v) is 4.60. The zero-order chi connectivity index (χ0) is 24.6. The van der Waals surface area contributed by atoms with E-state index in [1.54, 1.807) is 6.07 Å². The molecule has 0 aliphatic rings. The van der Waals surface area contributed by atoms with Gasteiger partial charge in [-0.3, -0.25) is 15.4 Å². The largest absolute Gasteiger partial charge is 0.494 e. The number of fused-ring (bicyclic) bond motifs is 2. The summed E-state index contributed by atoms with van der Waals surface area (Å²) in [5.74, 6) is -3.23. The summed E-state index contributed by atoms with van der Waals surface area (Å²) >= 11 is 0. The van der Waals surface area contributed by atoms with E-state index in [0.29, 0.717) is 0 Å². The van der Waals surface area contributed by atoms with Gasteiger partial charge >= 0.3 is 12.1 Å². The molecular formula is C20H13F3N6O5. The standard InChI is InChI=1S/C20H13F3N6O5/c1-9-14-12(29(31)32)7-8-13(33-2)15(14)26-18(24-9)28-19-25-11-6-4-3-5-10(11)16(27-19)34-17(30)20(21,22)23/h3-8H,1-2H3,(H,24,25,26,27,28). The van der Waals surface area contributed by atoms with E-state index >= 15 is 0 Å². The average Bonchev–Trinajstić information content (AvgIpc) is 2.77. The molecule has 4 aromatic rings. The van der Waals surface area contributed by atoms with E-state index in [-0.39, 0.29) is 50.8 Å². The maximum Gasteiger partial charge on any atom is 0.491 e. The number of nitrogens with one attached hydrogen (secondary N) is 1. The van der Waals surface area contributed by atoms with Crippen molar-refractivity contribution in [3.8, 4) is 11.6 Å². The number of non-ortho nitro benzene ring substituents is 1. The van der Waals surface area contributed by atoms with E-state index < -0.39 is 22.9 Å². The van der Waals surface area contributed by atoms with Crippen LogP contribution in [0.4, 0.5) is 30.8 Å². The molecule has 0 unspecified atom stereocenters. The molecule has 11 nitrogen and oxygen atoms in total. The molecule has 2 aromatic heterocycles. The summed E-state index contributed by atoms with van der Waals surface area (Å²) in [4.78, 5) is 38.7. The number of para-hydroxylation sites is 1. The van der Waals surface area contributed by atoms with Gasteiger partial charge in [0.25, 0.3) is 5.69 Å². The van der Waals surface area contributed by atoms with Crippen LogP contribution in [0.5, 0.6) is 11.6 Å². The fraction of sp³-hybridized carbons (Fsp3) is 0.150. The number of methoxy groups -OCH3 is 1. The fourth-order valence-electron chi connectivity index (χ4n) is 3.17. The summed E-state index contributed by atoms with van der Waals surface area (Å²) in [6.45, 7) is 1.51. The number of anilines is 2. The van der Waals surface area contributed by atoms with Crippen LogP contribution in [0.15, 0.2) is 36.4 Å². The third-order valence-electron chi connectivity index (χ3n) is 4.60. The molecule has 1 N–H and O–H groups in total. The maximum atomic E-state index is 12.7. The number of ether oxygens (including phenoxy) is 2. The first-order valence-corrected chi connectivity index (χ1v) is 9.41. The molecule has 0 atom stereocenters. The van der Waals surface area contributed by atoms with Crippen molar-refractivity contribution < 1.29 is 32.4 Å². The summed E-state index contributed by atoms with van der Waals surface area (Å²) in [5.41, 5.74) is 0.290. The van der Waals surface area contributed by atoms with Crippen LogP contribution in [0.3, 0.4) is 0 Å². The Morgan fingerprint density at radius 2 is 1.76 bits per heavy atom. The normalized spacial score (nSPS) is 11.4. The highest BCUT2D eigenvalue weighted by Gasteiger charge is 2.42. The van der Waals surface area contributed by atoms with Crippen molar-refractivity contribution in [2.45, 2.75) is 13.1 Å². The number of hydrogen-bond acceptors (Lipinski definition) is 10. The van der Waals surface area contributed by atoms with Crippen molar-refractivity contribution in [2.24, 2.45) is 0 Å². The number of aryl methyl sites for hydroxylation is 1. The highest BCUT2D eigenvalue weighted by atomic mass is 19.4. The first kappa shape index (κ1) is 22.6. The number of hydrogen-bond donors (Lipinski definition) is 1. The van der Waals surface area contributed by atoms with E-state index in [1.807, 2.05) is 0 Å². The van der Waals surface area contributed by atoms with Crippen LogP contribution in [0.25, 0.3) is 21.8 Å². The molecule has 174 valence electrons. The smallest absolute Gasteiger partial charge is 0.491 e. The molecule has 4 rings (SSSR count). The lowest BCUT2D eigenvalue weighted by Crippen LogP contribution is -2.28. The van der Waals surface area contributed by atoms with Gasteiger partial charge < -0.3 is 9.47 Å². The Bertz CT molecular complexity index is 1460. The lowest BCUT2D eigenvalue weighted by atomic mass is 10.1. The lowest BCUT2D eigenvalue weighted by Gasteiger charge is -2.12. The van der Waals surface area contributed by atoms with Gasteiger partial charge in [-0.1, -0.05) is 12.1 Å². The molecule has 0 amide bonds. The number of nitro groups is 1. The van der Waals surface area contributed by atoms with Gasteiger partial charge in [-0.05, 0) is 25.1 Å². The summed E-state index contributed by atoms with van der Waals surface area (Å²) in [6.07, 6.45) is -5.23. The van der Waals surface area contributed by atoms with Crippen molar-refractivity contribution in [1.29, 1.82) is 0 Å². The molecule has 0 spiro atoms. The van der Waals surface area contributed by atoms with E-state index in [9.17, 15) is 28.1 Å². The second-order valence-electron chi connectivity index (χ2n) is 6.78. The van der Waals surface area contributed by atoms with Gasteiger partial charge in [0, 0.05) is 6.07 Å². The predicted octanol–water partition coefficient (Wildman–Crippen LogP) is 4.01. The zero-order valence-electron chi connectivity index (χ0n) is 17.4. The van der Waals surface area contributed by atoms with Gasteiger partial charge in [0.1, 0.15) is 16.7 Å². The minimum atomic E-state index is -5.23. The number of carbonyl (C=O) groups excluding carboxylic acids is 1. The predicted molar refractivity (Wildman–Crippen MR) is 112 cm³/mol. The Morgan fingerprint density at radius 3 is 2.44 bits per heavy atom. The molecular weight excluding hydrogens is 461 g/mol. The zero-order valence-corrected chi connectivity index (χ0v) is 17.4. The third kappa shape index (κ3) is 4.20. The second-order valence-corrected chi connectivity index (χ2v) is 6.78. The Kier molecular flexibility index (Phi) is 5.56. The van der Waals surface area contributed by atoms with Crippen molar-refractivity contribution in [1.82, 2.24) is 19.9 Å². The summed E-state index contributed by atoms with van der Waals surface area (Å²) in [5, 5.41) is 14.3. The number of rotatable bonds is 5. The first-order chi connectivity index (χ1) is 16.1. The molecule has 2 heterocycles. The molecule has 0 aliphatic heterocycles. The van der Waals surface area contributed by atoms with Crippen LogP contribution in [0, 0.1) is 17.0 Å². The van der Waals surface area contributed by atoms with Crippen LogP contribution < -0.4 is 14.8 Å². The average molecular weight is 474 g/mol. The summed E-state index contributed by atoms with van der Waals surface area (Å²) < 4.78 is 47.9. The number of nitrogens with zero attached hydrogens (tertiary/aromatic N) is 5. The highest BCUT2D eigenvalue weighted by Crippen LogP contribution is 2.34. The molecule has 0 bridgehead atoms. The number of esters is 1.